The molecular weight excluding hydrogens is 225 g/mol. The van der Waals surface area contributed by atoms with Crippen molar-refractivity contribution in [1.29, 1.82) is 0 Å². The number of nitrogens with zero attached hydrogens (tertiary/aromatic N) is 1. The fraction of sp³-hybridized carbons (Fsp3) is 0.889. The Morgan fingerprint density at radius 2 is 1.94 bits per heavy atom. The SMILES string of the molecule is CC(N)C(C)C(=O)N(CCO)CC(F)(F)F. The van der Waals surface area contributed by atoms with Gasteiger partial charge in [0.25, 0.3) is 0 Å². The van der Waals surface area contributed by atoms with E-state index in [1.165, 1.54) is 6.92 Å². The van der Waals surface area contributed by atoms with E-state index in [1.54, 1.807) is 6.92 Å². The summed E-state index contributed by atoms with van der Waals surface area (Å²) in [5.41, 5.74) is 5.44. The molecule has 0 aromatic carbocycles. The zero-order chi connectivity index (χ0) is 12.9. The highest BCUT2D eigenvalue weighted by Gasteiger charge is 2.34. The molecule has 0 aliphatic carbocycles. The van der Waals surface area contributed by atoms with Crippen molar-refractivity contribution < 1.29 is 23.1 Å². The van der Waals surface area contributed by atoms with Crippen LogP contribution in [0.4, 0.5) is 13.2 Å². The number of carbonyl (C=O) groups is 1. The number of amides is 1. The predicted molar refractivity (Wildman–Crippen MR) is 52.5 cm³/mol. The maximum atomic E-state index is 12.1. The van der Waals surface area contributed by atoms with Crippen LogP contribution in [0, 0.1) is 5.92 Å². The van der Waals surface area contributed by atoms with E-state index in [0.29, 0.717) is 4.90 Å². The van der Waals surface area contributed by atoms with E-state index in [9.17, 15) is 18.0 Å². The number of rotatable bonds is 5. The molecular formula is C9H17F3N2O2. The van der Waals surface area contributed by atoms with Crippen LogP contribution in [0.3, 0.4) is 0 Å². The third-order valence-corrected chi connectivity index (χ3v) is 2.23. The van der Waals surface area contributed by atoms with E-state index >= 15 is 0 Å². The second-order valence-electron chi connectivity index (χ2n) is 3.75. The molecule has 0 aliphatic rings. The molecule has 7 heteroatoms. The van der Waals surface area contributed by atoms with Gasteiger partial charge in [-0.25, -0.2) is 0 Å². The Labute approximate surface area is 92.2 Å². The number of hydrogen-bond donors (Lipinski definition) is 2. The first-order valence-electron chi connectivity index (χ1n) is 4.91. The summed E-state index contributed by atoms with van der Waals surface area (Å²) in [4.78, 5) is 12.2. The van der Waals surface area contributed by atoms with Gasteiger partial charge in [0.1, 0.15) is 6.54 Å². The quantitative estimate of drug-likeness (QED) is 0.731. The van der Waals surface area contributed by atoms with E-state index in [-0.39, 0.29) is 6.54 Å². The van der Waals surface area contributed by atoms with Crippen molar-refractivity contribution in [1.82, 2.24) is 4.90 Å². The summed E-state index contributed by atoms with van der Waals surface area (Å²) < 4.78 is 36.4. The van der Waals surface area contributed by atoms with Gasteiger partial charge >= 0.3 is 6.18 Å². The van der Waals surface area contributed by atoms with Crippen LogP contribution in [0.2, 0.25) is 0 Å². The van der Waals surface area contributed by atoms with Crippen LogP contribution in [-0.2, 0) is 4.79 Å². The lowest BCUT2D eigenvalue weighted by atomic mass is 10.0. The van der Waals surface area contributed by atoms with Gasteiger partial charge in [0.2, 0.25) is 5.91 Å². The third-order valence-electron chi connectivity index (χ3n) is 2.23. The summed E-state index contributed by atoms with van der Waals surface area (Å²) in [6, 6.07) is -0.526. The average molecular weight is 242 g/mol. The van der Waals surface area contributed by atoms with Gasteiger partial charge in [-0.2, -0.15) is 13.2 Å². The molecule has 0 aromatic heterocycles. The van der Waals surface area contributed by atoms with Gasteiger partial charge in [-0.3, -0.25) is 4.79 Å². The summed E-state index contributed by atoms with van der Waals surface area (Å²) in [5.74, 6) is -1.39. The molecule has 0 aliphatic heterocycles. The fourth-order valence-electron chi connectivity index (χ4n) is 1.12. The second-order valence-corrected chi connectivity index (χ2v) is 3.75. The Morgan fingerprint density at radius 1 is 1.44 bits per heavy atom. The van der Waals surface area contributed by atoms with Crippen LogP contribution in [0.25, 0.3) is 0 Å². The highest BCUT2D eigenvalue weighted by molar-refractivity contribution is 5.79. The Morgan fingerprint density at radius 3 is 2.25 bits per heavy atom. The summed E-state index contributed by atoms with van der Waals surface area (Å²) in [7, 11) is 0. The Bertz CT molecular complexity index is 231. The summed E-state index contributed by atoms with van der Waals surface area (Å²) >= 11 is 0. The molecule has 16 heavy (non-hydrogen) atoms. The number of alkyl halides is 3. The summed E-state index contributed by atoms with van der Waals surface area (Å²) in [6.45, 7) is 0.813. The van der Waals surface area contributed by atoms with Crippen molar-refractivity contribution in [2.75, 3.05) is 19.7 Å². The molecule has 1 amide bonds. The van der Waals surface area contributed by atoms with Gasteiger partial charge in [-0.15, -0.1) is 0 Å². The number of hydrogen-bond acceptors (Lipinski definition) is 3. The van der Waals surface area contributed by atoms with E-state index < -0.39 is 37.2 Å². The standard InChI is InChI=1S/C9H17F3N2O2/c1-6(7(2)13)8(16)14(3-4-15)5-9(10,11)12/h6-7,15H,3-5,13H2,1-2H3. The van der Waals surface area contributed by atoms with E-state index in [0.717, 1.165) is 0 Å². The van der Waals surface area contributed by atoms with Gasteiger partial charge in [0.15, 0.2) is 0 Å². The Balaban J connectivity index is 4.59. The molecule has 0 rings (SSSR count). The maximum absolute atomic E-state index is 12.1. The topological polar surface area (TPSA) is 66.6 Å². The fourth-order valence-corrected chi connectivity index (χ4v) is 1.12. The van der Waals surface area contributed by atoms with Crippen LogP contribution in [0.5, 0.6) is 0 Å². The van der Waals surface area contributed by atoms with Crippen LogP contribution in [0.15, 0.2) is 0 Å². The van der Waals surface area contributed by atoms with Crippen LogP contribution in [-0.4, -0.2) is 47.8 Å². The molecule has 0 aromatic rings. The zero-order valence-corrected chi connectivity index (χ0v) is 9.29. The molecule has 0 bridgehead atoms. The molecule has 2 unspecified atom stereocenters. The van der Waals surface area contributed by atoms with Crippen LogP contribution in [0.1, 0.15) is 13.8 Å². The molecule has 0 heterocycles. The van der Waals surface area contributed by atoms with Gasteiger partial charge in [0.05, 0.1) is 12.5 Å². The van der Waals surface area contributed by atoms with Crippen molar-refractivity contribution in [2.24, 2.45) is 11.7 Å². The minimum absolute atomic E-state index is 0.338. The second kappa shape index (κ2) is 6.05. The zero-order valence-electron chi connectivity index (χ0n) is 9.29. The van der Waals surface area contributed by atoms with Gasteiger partial charge in [-0.1, -0.05) is 6.92 Å². The maximum Gasteiger partial charge on any atom is 0.406 e. The number of nitrogens with two attached hydrogens (primary N) is 1. The lowest BCUT2D eigenvalue weighted by Crippen LogP contribution is -2.46. The lowest BCUT2D eigenvalue weighted by molar-refractivity contribution is -0.164. The number of carbonyl (C=O) groups excluding carboxylic acids is 1. The van der Waals surface area contributed by atoms with Crippen LogP contribution >= 0.6 is 0 Å². The molecule has 0 fully saturated rings. The normalized spacial score (nSPS) is 15.7. The van der Waals surface area contributed by atoms with Crippen molar-refractivity contribution in [3.8, 4) is 0 Å². The van der Waals surface area contributed by atoms with Crippen molar-refractivity contribution in [2.45, 2.75) is 26.1 Å². The predicted octanol–water partition coefficient (Wildman–Crippen LogP) is 0.353. The van der Waals surface area contributed by atoms with Gasteiger partial charge in [-0.05, 0) is 6.92 Å². The minimum atomic E-state index is -4.47. The molecule has 0 radical (unpaired) electrons. The minimum Gasteiger partial charge on any atom is -0.395 e. The monoisotopic (exact) mass is 242 g/mol. The van der Waals surface area contributed by atoms with Gasteiger partial charge in [0, 0.05) is 12.6 Å². The summed E-state index contributed by atoms with van der Waals surface area (Å²) in [5, 5.41) is 8.61. The van der Waals surface area contributed by atoms with E-state index in [1.807, 2.05) is 0 Å². The highest BCUT2D eigenvalue weighted by atomic mass is 19.4. The first-order valence-corrected chi connectivity index (χ1v) is 4.91. The average Bonchev–Trinajstić information content (AvgIpc) is 2.12. The number of aliphatic hydroxyl groups excluding tert-OH is 1. The van der Waals surface area contributed by atoms with Crippen molar-refractivity contribution in [3.63, 3.8) is 0 Å². The number of halogens is 3. The molecule has 2 atom stereocenters. The largest absolute Gasteiger partial charge is 0.406 e. The van der Waals surface area contributed by atoms with E-state index in [2.05, 4.69) is 0 Å². The molecule has 4 nitrogen and oxygen atoms in total. The first kappa shape index (κ1) is 15.2. The Kier molecular flexibility index (Phi) is 5.74. The third kappa shape index (κ3) is 5.32. The first-order chi connectivity index (χ1) is 7.19. The number of aliphatic hydroxyl groups is 1. The smallest absolute Gasteiger partial charge is 0.395 e. The van der Waals surface area contributed by atoms with Crippen molar-refractivity contribution >= 4 is 5.91 Å². The molecule has 96 valence electrons. The van der Waals surface area contributed by atoms with Gasteiger partial charge < -0.3 is 15.7 Å². The molecule has 0 saturated heterocycles. The van der Waals surface area contributed by atoms with E-state index in [4.69, 9.17) is 10.8 Å². The van der Waals surface area contributed by atoms with Crippen LogP contribution < -0.4 is 5.73 Å². The highest BCUT2D eigenvalue weighted by Crippen LogP contribution is 2.18. The molecule has 0 spiro atoms. The lowest BCUT2D eigenvalue weighted by Gasteiger charge is -2.27. The molecule has 3 N–H and O–H groups in total. The Hall–Kier alpha value is -0.820. The van der Waals surface area contributed by atoms with Crippen molar-refractivity contribution in [3.05, 3.63) is 0 Å². The summed E-state index contributed by atoms with van der Waals surface area (Å²) in [6.07, 6.45) is -4.47. The molecule has 0 saturated carbocycles.